The molecule has 0 saturated heterocycles. The fourth-order valence-corrected chi connectivity index (χ4v) is 1.50. The van der Waals surface area contributed by atoms with E-state index in [1.54, 1.807) is 0 Å². The van der Waals surface area contributed by atoms with Crippen LogP contribution in [0.3, 0.4) is 0 Å². The largest absolute Gasteiger partial charge is 0.301 e. The monoisotopic (exact) mass is 203 g/mol. The Morgan fingerprint density at radius 3 is 3.08 bits per heavy atom. The Morgan fingerprint density at radius 1 is 1.83 bits per heavy atom. The molecular formula is C6H9N3OS2. The van der Waals surface area contributed by atoms with Crippen LogP contribution in [0.1, 0.15) is 19.8 Å². The van der Waals surface area contributed by atoms with Crippen LogP contribution >= 0.6 is 23.6 Å². The van der Waals surface area contributed by atoms with Crippen LogP contribution in [0.15, 0.2) is 0 Å². The van der Waals surface area contributed by atoms with Crippen LogP contribution in [-0.4, -0.2) is 16.1 Å². The van der Waals surface area contributed by atoms with E-state index in [4.69, 9.17) is 12.2 Å². The number of aromatic amines is 1. The molecule has 0 unspecified atom stereocenters. The zero-order valence-corrected chi connectivity index (χ0v) is 8.22. The molecule has 1 aromatic rings. The van der Waals surface area contributed by atoms with Crippen LogP contribution < -0.4 is 5.32 Å². The molecule has 0 aliphatic carbocycles. The molecule has 1 rings (SSSR count). The summed E-state index contributed by atoms with van der Waals surface area (Å²) in [5, 5.41) is 9.55. The van der Waals surface area contributed by atoms with Gasteiger partial charge in [-0.05, 0) is 18.6 Å². The van der Waals surface area contributed by atoms with Gasteiger partial charge in [0.05, 0.1) is 0 Å². The van der Waals surface area contributed by atoms with E-state index in [0.29, 0.717) is 15.5 Å². The predicted molar refractivity (Wildman–Crippen MR) is 50.8 cm³/mol. The molecule has 0 spiro atoms. The van der Waals surface area contributed by atoms with Gasteiger partial charge in [0.15, 0.2) is 3.95 Å². The molecule has 2 N–H and O–H groups in total. The molecule has 0 atom stereocenters. The average molecular weight is 203 g/mol. The molecule has 0 aromatic carbocycles. The molecule has 0 bridgehead atoms. The van der Waals surface area contributed by atoms with Crippen molar-refractivity contribution in [3.8, 4) is 0 Å². The van der Waals surface area contributed by atoms with Gasteiger partial charge < -0.3 is 5.32 Å². The van der Waals surface area contributed by atoms with Crippen LogP contribution in [-0.2, 0) is 4.79 Å². The minimum absolute atomic E-state index is 0.0183. The molecule has 12 heavy (non-hydrogen) atoms. The summed E-state index contributed by atoms with van der Waals surface area (Å²) in [4.78, 5) is 11.0. The van der Waals surface area contributed by atoms with E-state index in [1.165, 1.54) is 11.3 Å². The molecule has 6 heteroatoms. The summed E-state index contributed by atoms with van der Waals surface area (Å²) >= 11 is 6.06. The van der Waals surface area contributed by atoms with Gasteiger partial charge in [0.2, 0.25) is 11.0 Å². The zero-order valence-electron chi connectivity index (χ0n) is 6.59. The quantitative estimate of drug-likeness (QED) is 0.738. The minimum Gasteiger partial charge on any atom is -0.301 e. The number of rotatable bonds is 3. The Bertz CT molecular complexity index is 317. The summed E-state index contributed by atoms with van der Waals surface area (Å²) in [7, 11) is 0. The molecule has 0 aliphatic heterocycles. The summed E-state index contributed by atoms with van der Waals surface area (Å²) in [6, 6.07) is 0. The Morgan fingerprint density at radius 2 is 2.58 bits per heavy atom. The van der Waals surface area contributed by atoms with Gasteiger partial charge in [0.25, 0.3) is 0 Å². The Hall–Kier alpha value is -0.750. The van der Waals surface area contributed by atoms with Crippen molar-refractivity contribution in [2.45, 2.75) is 19.8 Å². The van der Waals surface area contributed by atoms with Crippen LogP contribution in [0.5, 0.6) is 0 Å². The SMILES string of the molecule is CCCC(=O)Nc1n[nH]c(=S)s1. The summed E-state index contributed by atoms with van der Waals surface area (Å²) in [5.74, 6) is -0.0183. The molecule has 0 aliphatic rings. The van der Waals surface area contributed by atoms with E-state index in [-0.39, 0.29) is 5.91 Å². The van der Waals surface area contributed by atoms with Crippen LogP contribution in [0.25, 0.3) is 0 Å². The van der Waals surface area contributed by atoms with Gasteiger partial charge in [-0.15, -0.1) is 5.10 Å². The third kappa shape index (κ3) is 2.71. The summed E-state index contributed by atoms with van der Waals surface area (Å²) < 4.78 is 0.571. The molecular weight excluding hydrogens is 194 g/mol. The van der Waals surface area contributed by atoms with Crippen LogP contribution in [0.2, 0.25) is 0 Å². The number of aromatic nitrogens is 2. The Balaban J connectivity index is 2.52. The maximum absolute atomic E-state index is 11.0. The summed E-state index contributed by atoms with van der Waals surface area (Å²) in [6.45, 7) is 1.95. The molecule has 0 fully saturated rings. The lowest BCUT2D eigenvalue weighted by Gasteiger charge is -1.96. The predicted octanol–water partition coefficient (Wildman–Crippen LogP) is 1.94. The lowest BCUT2D eigenvalue weighted by atomic mass is 10.3. The molecule has 1 heterocycles. The molecule has 0 radical (unpaired) electrons. The van der Waals surface area contributed by atoms with Gasteiger partial charge >= 0.3 is 0 Å². The normalized spacial score (nSPS) is 9.75. The van der Waals surface area contributed by atoms with Gasteiger partial charge in [-0.3, -0.25) is 9.89 Å². The first-order valence-corrected chi connectivity index (χ1v) is 4.80. The number of nitrogens with one attached hydrogen (secondary N) is 2. The van der Waals surface area contributed by atoms with E-state index in [0.717, 1.165) is 6.42 Å². The van der Waals surface area contributed by atoms with E-state index in [9.17, 15) is 4.79 Å². The van der Waals surface area contributed by atoms with E-state index >= 15 is 0 Å². The van der Waals surface area contributed by atoms with Crippen LogP contribution in [0, 0.1) is 3.95 Å². The smallest absolute Gasteiger partial charge is 0.226 e. The number of anilines is 1. The number of hydrogen-bond acceptors (Lipinski definition) is 4. The van der Waals surface area contributed by atoms with Crippen molar-refractivity contribution < 1.29 is 4.79 Å². The second-order valence-corrected chi connectivity index (χ2v) is 3.88. The van der Waals surface area contributed by atoms with Gasteiger partial charge in [-0.25, -0.2) is 0 Å². The molecule has 66 valence electrons. The highest BCUT2D eigenvalue weighted by Gasteiger charge is 2.02. The first-order valence-electron chi connectivity index (χ1n) is 3.57. The fraction of sp³-hybridized carbons (Fsp3) is 0.500. The number of amides is 1. The Labute approximate surface area is 79.0 Å². The summed E-state index contributed by atoms with van der Waals surface area (Å²) in [5.41, 5.74) is 0. The van der Waals surface area contributed by atoms with Crippen LogP contribution in [0.4, 0.5) is 5.13 Å². The molecule has 4 nitrogen and oxygen atoms in total. The fourth-order valence-electron chi connectivity index (χ4n) is 0.692. The lowest BCUT2D eigenvalue weighted by Crippen LogP contribution is -2.10. The minimum atomic E-state index is -0.0183. The van der Waals surface area contributed by atoms with Gasteiger partial charge in [0.1, 0.15) is 0 Å². The lowest BCUT2D eigenvalue weighted by molar-refractivity contribution is -0.116. The highest BCUT2D eigenvalue weighted by molar-refractivity contribution is 7.73. The Kier molecular flexibility index (Phi) is 3.36. The molecule has 1 aromatic heterocycles. The van der Waals surface area contributed by atoms with Crippen molar-refractivity contribution in [1.82, 2.24) is 10.2 Å². The number of carbonyl (C=O) groups is 1. The summed E-state index contributed by atoms with van der Waals surface area (Å²) in [6.07, 6.45) is 1.36. The maximum atomic E-state index is 11.0. The van der Waals surface area contributed by atoms with Crippen molar-refractivity contribution in [2.75, 3.05) is 5.32 Å². The molecule has 0 saturated carbocycles. The van der Waals surface area contributed by atoms with Crippen molar-refractivity contribution in [2.24, 2.45) is 0 Å². The topological polar surface area (TPSA) is 57.8 Å². The maximum Gasteiger partial charge on any atom is 0.226 e. The van der Waals surface area contributed by atoms with E-state index in [1.807, 2.05) is 6.92 Å². The van der Waals surface area contributed by atoms with Gasteiger partial charge in [-0.1, -0.05) is 18.3 Å². The highest BCUT2D eigenvalue weighted by Crippen LogP contribution is 2.10. The van der Waals surface area contributed by atoms with Crippen molar-refractivity contribution in [3.05, 3.63) is 3.95 Å². The highest BCUT2D eigenvalue weighted by atomic mass is 32.1. The average Bonchev–Trinajstić information content (AvgIpc) is 2.36. The zero-order chi connectivity index (χ0) is 8.97. The second kappa shape index (κ2) is 4.32. The van der Waals surface area contributed by atoms with Crippen molar-refractivity contribution in [3.63, 3.8) is 0 Å². The van der Waals surface area contributed by atoms with E-state index < -0.39 is 0 Å². The molecule has 1 amide bonds. The number of carbonyl (C=O) groups excluding carboxylic acids is 1. The number of hydrogen-bond donors (Lipinski definition) is 2. The second-order valence-electron chi connectivity index (χ2n) is 2.22. The van der Waals surface area contributed by atoms with E-state index in [2.05, 4.69) is 15.5 Å². The number of nitrogens with zero attached hydrogens (tertiary/aromatic N) is 1. The third-order valence-electron chi connectivity index (χ3n) is 1.16. The van der Waals surface area contributed by atoms with Gasteiger partial charge in [-0.2, -0.15) is 0 Å². The van der Waals surface area contributed by atoms with Crippen molar-refractivity contribution >= 4 is 34.6 Å². The van der Waals surface area contributed by atoms with Crippen molar-refractivity contribution in [1.29, 1.82) is 0 Å². The van der Waals surface area contributed by atoms with Gasteiger partial charge in [0, 0.05) is 6.42 Å². The first-order chi connectivity index (χ1) is 5.72. The number of H-pyrrole nitrogens is 1. The third-order valence-corrected chi connectivity index (χ3v) is 2.17. The first kappa shape index (κ1) is 9.34. The standard InChI is InChI=1S/C6H9N3OS2/c1-2-3-4(10)7-5-8-9-6(11)12-5/h2-3H2,1H3,(H,9,11)(H,7,8,10).